The van der Waals surface area contributed by atoms with E-state index in [2.05, 4.69) is 27.7 Å². The third-order valence-electron chi connectivity index (χ3n) is 10.1. The predicted octanol–water partition coefficient (Wildman–Crippen LogP) is 7.46. The molecule has 3 saturated carbocycles. The van der Waals surface area contributed by atoms with Crippen LogP contribution in [0.4, 0.5) is 0 Å². The second kappa shape index (κ2) is 11.4. The van der Waals surface area contributed by atoms with Crippen molar-refractivity contribution in [1.29, 1.82) is 0 Å². The number of carbonyl (C=O) groups excluding carboxylic acids is 2. The van der Waals surface area contributed by atoms with Gasteiger partial charge < -0.3 is 9.16 Å². The maximum absolute atomic E-state index is 13.2. The van der Waals surface area contributed by atoms with Crippen LogP contribution in [0.15, 0.2) is 0 Å². The maximum atomic E-state index is 13.2. The predicted molar refractivity (Wildman–Crippen MR) is 137 cm³/mol. The van der Waals surface area contributed by atoms with Crippen molar-refractivity contribution >= 4 is 20.1 Å². The number of ether oxygens (including phenoxy) is 1. The molecule has 33 heavy (non-hydrogen) atoms. The van der Waals surface area contributed by atoms with Crippen LogP contribution in [0.3, 0.4) is 0 Å². The summed E-state index contributed by atoms with van der Waals surface area (Å²) in [5.41, 5.74) is -0.123. The van der Waals surface area contributed by atoms with Gasteiger partial charge in [0.15, 0.2) is 8.32 Å². The van der Waals surface area contributed by atoms with Gasteiger partial charge in [-0.3, -0.25) is 9.59 Å². The third-order valence-corrected chi connectivity index (χ3v) is 14.8. The Morgan fingerprint density at radius 1 is 1.00 bits per heavy atom. The first kappa shape index (κ1) is 26.9. The van der Waals surface area contributed by atoms with Crippen LogP contribution < -0.4 is 0 Å². The molecule has 3 fully saturated rings. The number of rotatable bonds is 10. The van der Waals surface area contributed by atoms with Gasteiger partial charge in [-0.15, -0.1) is 0 Å². The Bertz CT molecular complexity index is 657. The van der Waals surface area contributed by atoms with Crippen LogP contribution >= 0.6 is 0 Å². The molecule has 0 spiro atoms. The van der Waals surface area contributed by atoms with Gasteiger partial charge in [-0.05, 0) is 68.0 Å². The molecule has 5 heteroatoms. The van der Waals surface area contributed by atoms with E-state index in [1.54, 1.807) is 0 Å². The lowest BCUT2D eigenvalue weighted by atomic mass is 9.62. The average Bonchev–Trinajstić information content (AvgIpc) is 3.01. The summed E-state index contributed by atoms with van der Waals surface area (Å²) in [7, 11) is -1.73. The maximum Gasteiger partial charge on any atom is 0.308 e. The minimum atomic E-state index is -1.73. The molecule has 1 unspecified atom stereocenters. The van der Waals surface area contributed by atoms with E-state index in [1.165, 1.54) is 43.8 Å². The first-order chi connectivity index (χ1) is 15.7. The van der Waals surface area contributed by atoms with Crippen molar-refractivity contribution in [3.8, 4) is 0 Å². The fourth-order valence-corrected chi connectivity index (χ4v) is 10.8. The molecule has 0 bridgehead atoms. The summed E-state index contributed by atoms with van der Waals surface area (Å²) in [4.78, 5) is 25.6. The van der Waals surface area contributed by atoms with Gasteiger partial charge in [0.1, 0.15) is 5.78 Å². The number of carbonyl (C=O) groups is 2. The molecule has 4 nitrogen and oxygen atoms in total. The summed E-state index contributed by atoms with van der Waals surface area (Å²) in [5, 5.41) is 0. The fraction of sp³-hybridized carbons (Fsp3) is 0.929. The van der Waals surface area contributed by atoms with Crippen molar-refractivity contribution < 1.29 is 18.8 Å². The molecule has 0 aromatic rings. The van der Waals surface area contributed by atoms with Crippen molar-refractivity contribution in [2.75, 3.05) is 6.61 Å². The second-order valence-electron chi connectivity index (χ2n) is 11.7. The summed E-state index contributed by atoms with van der Waals surface area (Å²) in [6.45, 7) is 11.7. The number of ketones is 1. The van der Waals surface area contributed by atoms with Gasteiger partial charge in [0.05, 0.1) is 18.1 Å². The van der Waals surface area contributed by atoms with E-state index in [9.17, 15) is 9.59 Å². The number of hydrogen-bond acceptors (Lipinski definition) is 4. The van der Waals surface area contributed by atoms with E-state index in [1.807, 2.05) is 6.92 Å². The summed E-state index contributed by atoms with van der Waals surface area (Å²) in [6.07, 6.45) is 12.8. The molecule has 0 N–H and O–H groups in total. The van der Waals surface area contributed by atoms with Gasteiger partial charge in [0.2, 0.25) is 0 Å². The van der Waals surface area contributed by atoms with Crippen LogP contribution in [0.5, 0.6) is 0 Å². The lowest BCUT2D eigenvalue weighted by Crippen LogP contribution is -2.48. The van der Waals surface area contributed by atoms with Gasteiger partial charge in [-0.2, -0.15) is 0 Å². The van der Waals surface area contributed by atoms with E-state index in [0.717, 1.165) is 51.4 Å². The number of esters is 1. The SMILES string of the molecule is CC[Si](CC)(CC)OC1(CCOC(=O)C(C)[C@H]2CC[C@H]3C(=O)CCC[C@]23C)CCCCCC1. The molecule has 0 aromatic heterocycles. The Morgan fingerprint density at radius 3 is 2.24 bits per heavy atom. The Balaban J connectivity index is 1.62. The standard InChI is InChI=1S/C28H50O4Si/c1-6-33(7-2,8-3)32-28(18-11-9-10-12-19-28)20-21-31-26(30)22(4)23-15-16-24-25(29)14-13-17-27(23,24)5/h22-24H,6-21H2,1-5H3/t22?,23-,24+,27-/m1/s1. The average molecular weight is 479 g/mol. The van der Waals surface area contributed by atoms with Gasteiger partial charge >= 0.3 is 5.97 Å². The molecular formula is C28H50O4Si. The first-order valence-electron chi connectivity index (χ1n) is 14.1. The molecular weight excluding hydrogens is 428 g/mol. The Hall–Kier alpha value is -0.683. The molecule has 4 atom stereocenters. The lowest BCUT2D eigenvalue weighted by Gasteiger charge is -2.43. The molecule has 0 heterocycles. The summed E-state index contributed by atoms with van der Waals surface area (Å²) >= 11 is 0. The van der Waals surface area contributed by atoms with E-state index in [0.29, 0.717) is 12.4 Å². The zero-order valence-electron chi connectivity index (χ0n) is 22.2. The van der Waals surface area contributed by atoms with Crippen LogP contribution in [-0.2, 0) is 18.8 Å². The Kier molecular flexibility index (Phi) is 9.27. The molecule has 190 valence electrons. The molecule has 3 aliphatic carbocycles. The van der Waals surface area contributed by atoms with Crippen LogP contribution in [0.1, 0.15) is 112 Å². The fourth-order valence-electron chi connectivity index (χ4n) is 7.63. The third kappa shape index (κ3) is 5.77. The van der Waals surface area contributed by atoms with Gasteiger partial charge in [-0.25, -0.2) is 0 Å². The van der Waals surface area contributed by atoms with Crippen molar-refractivity contribution in [2.24, 2.45) is 23.2 Å². The largest absolute Gasteiger partial charge is 0.465 e. The highest BCUT2D eigenvalue weighted by molar-refractivity contribution is 6.73. The monoisotopic (exact) mass is 478 g/mol. The highest BCUT2D eigenvalue weighted by Crippen LogP contribution is 2.56. The number of fused-ring (bicyclic) bond motifs is 1. The Morgan fingerprint density at radius 2 is 1.64 bits per heavy atom. The van der Waals surface area contributed by atoms with Gasteiger partial charge in [0, 0.05) is 18.8 Å². The molecule has 0 aliphatic heterocycles. The molecule has 3 rings (SSSR count). The number of Topliss-reactive ketones (excluding diaryl/α,β-unsaturated/α-hetero) is 1. The first-order valence-corrected chi connectivity index (χ1v) is 16.7. The van der Waals surface area contributed by atoms with Gasteiger partial charge in [-0.1, -0.05) is 60.3 Å². The van der Waals surface area contributed by atoms with E-state index < -0.39 is 8.32 Å². The normalized spacial score (nSPS) is 31.0. The van der Waals surface area contributed by atoms with Crippen molar-refractivity contribution in [2.45, 2.75) is 135 Å². The lowest BCUT2D eigenvalue weighted by molar-refractivity contribution is -0.154. The molecule has 0 amide bonds. The van der Waals surface area contributed by atoms with E-state index >= 15 is 0 Å². The van der Waals surface area contributed by atoms with Crippen LogP contribution in [0, 0.1) is 23.2 Å². The summed E-state index contributed by atoms with van der Waals surface area (Å²) in [5.74, 6) is 0.655. The van der Waals surface area contributed by atoms with Crippen LogP contribution in [0.25, 0.3) is 0 Å². The quantitative estimate of drug-likeness (QED) is 0.186. The topological polar surface area (TPSA) is 52.6 Å². The molecule has 3 aliphatic rings. The van der Waals surface area contributed by atoms with E-state index in [4.69, 9.17) is 9.16 Å². The van der Waals surface area contributed by atoms with Gasteiger partial charge in [0.25, 0.3) is 0 Å². The summed E-state index contributed by atoms with van der Waals surface area (Å²) < 4.78 is 13.1. The van der Waals surface area contributed by atoms with E-state index in [-0.39, 0.29) is 34.7 Å². The minimum absolute atomic E-state index is 0.0199. The molecule has 0 saturated heterocycles. The summed E-state index contributed by atoms with van der Waals surface area (Å²) in [6, 6.07) is 3.50. The zero-order valence-corrected chi connectivity index (χ0v) is 23.2. The number of hydrogen-bond donors (Lipinski definition) is 0. The van der Waals surface area contributed by atoms with Crippen molar-refractivity contribution in [3.05, 3.63) is 0 Å². The molecule has 0 radical (unpaired) electrons. The van der Waals surface area contributed by atoms with Crippen LogP contribution in [0.2, 0.25) is 18.1 Å². The second-order valence-corrected chi connectivity index (χ2v) is 16.4. The smallest absolute Gasteiger partial charge is 0.308 e. The minimum Gasteiger partial charge on any atom is -0.465 e. The highest BCUT2D eigenvalue weighted by Gasteiger charge is 2.53. The highest BCUT2D eigenvalue weighted by atomic mass is 28.4. The van der Waals surface area contributed by atoms with Crippen molar-refractivity contribution in [3.63, 3.8) is 0 Å². The zero-order chi connectivity index (χ0) is 24.1. The van der Waals surface area contributed by atoms with Crippen LogP contribution in [-0.4, -0.2) is 32.3 Å². The molecule has 0 aromatic carbocycles. The Labute approximate surface area is 204 Å². The van der Waals surface area contributed by atoms with Crippen molar-refractivity contribution in [1.82, 2.24) is 0 Å².